The van der Waals surface area contributed by atoms with Gasteiger partial charge in [-0.3, -0.25) is 14.5 Å². The fraction of sp³-hybridized carbons (Fsp3) is 0.294. The molecule has 3 aromatic carbocycles. The molecule has 1 aromatic heterocycles. The molecule has 46 heavy (non-hydrogen) atoms. The SMILES string of the molecule is CCCCOc1ccc(C2/C(=C(\O)c3ccc4c(c3)CC(C)O4)C(=O)C(=O)N2c2nnc(SCc3ccccc3F)s2)cc1OC. The van der Waals surface area contributed by atoms with Crippen LogP contribution in [0.2, 0.25) is 0 Å². The quantitative estimate of drug-likeness (QED) is 0.0449. The summed E-state index contributed by atoms with van der Waals surface area (Å²) < 4.78 is 32.1. The Kier molecular flexibility index (Phi) is 9.27. The van der Waals surface area contributed by atoms with Gasteiger partial charge in [0.15, 0.2) is 15.8 Å². The molecule has 0 spiro atoms. The Hall–Kier alpha value is -4.42. The number of aliphatic hydroxyl groups is 1. The van der Waals surface area contributed by atoms with Crippen LogP contribution in [-0.2, 0) is 21.8 Å². The molecule has 2 unspecified atom stereocenters. The molecule has 2 atom stereocenters. The molecule has 0 radical (unpaired) electrons. The molecule has 1 saturated heterocycles. The summed E-state index contributed by atoms with van der Waals surface area (Å²) in [6.07, 6.45) is 2.48. The van der Waals surface area contributed by atoms with Crippen molar-refractivity contribution in [1.29, 1.82) is 0 Å². The zero-order valence-corrected chi connectivity index (χ0v) is 27.1. The number of benzene rings is 3. The van der Waals surface area contributed by atoms with Gasteiger partial charge in [0.1, 0.15) is 23.4 Å². The predicted octanol–water partition coefficient (Wildman–Crippen LogP) is 7.11. The number of carbonyl (C=O) groups excluding carboxylic acids is 2. The summed E-state index contributed by atoms with van der Waals surface area (Å²) in [5, 5.41) is 20.3. The van der Waals surface area contributed by atoms with Gasteiger partial charge in [-0.2, -0.15) is 0 Å². The third-order valence-corrected chi connectivity index (χ3v) is 9.89. The third-order valence-electron chi connectivity index (χ3n) is 7.78. The third kappa shape index (κ3) is 6.19. The highest BCUT2D eigenvalue weighted by molar-refractivity contribution is 8.00. The summed E-state index contributed by atoms with van der Waals surface area (Å²) in [5.74, 6) is -0.379. The van der Waals surface area contributed by atoms with Crippen molar-refractivity contribution in [2.24, 2.45) is 0 Å². The lowest BCUT2D eigenvalue weighted by Crippen LogP contribution is -2.29. The number of methoxy groups -OCH3 is 1. The van der Waals surface area contributed by atoms with E-state index in [1.54, 1.807) is 54.6 Å². The van der Waals surface area contributed by atoms with Gasteiger partial charge in [0.25, 0.3) is 5.78 Å². The van der Waals surface area contributed by atoms with Crippen LogP contribution in [0.1, 0.15) is 55.0 Å². The van der Waals surface area contributed by atoms with Gasteiger partial charge in [-0.25, -0.2) is 4.39 Å². The molecule has 1 N–H and O–H groups in total. The average molecular weight is 662 g/mol. The standard InChI is InChI=1S/C34H32FN3O6S2/c1-4-5-14-43-26-13-10-20(17-27(26)42-3)29-28(30(39)21-11-12-25-23(16-21)15-19(2)44-25)31(40)32(41)38(29)33-36-37-34(46-33)45-18-22-8-6-7-9-24(22)35/h6-13,16-17,19,29,39H,4-5,14-15,18H2,1-3H3/b30-28+. The molecule has 1 amide bonds. The molecule has 3 heterocycles. The van der Waals surface area contributed by atoms with Crippen molar-refractivity contribution < 1.29 is 33.3 Å². The molecule has 4 aromatic rings. The summed E-state index contributed by atoms with van der Waals surface area (Å²) in [7, 11) is 1.51. The normalized spacial score (nSPS) is 18.5. The molecular weight excluding hydrogens is 630 g/mol. The topological polar surface area (TPSA) is 111 Å². The largest absolute Gasteiger partial charge is 0.507 e. The van der Waals surface area contributed by atoms with Gasteiger partial charge in [0, 0.05) is 17.7 Å². The van der Waals surface area contributed by atoms with Gasteiger partial charge < -0.3 is 19.3 Å². The van der Waals surface area contributed by atoms with Gasteiger partial charge in [0.05, 0.1) is 25.3 Å². The smallest absolute Gasteiger partial charge is 0.301 e. The lowest BCUT2D eigenvalue weighted by atomic mass is 9.94. The van der Waals surface area contributed by atoms with Crippen LogP contribution in [0.25, 0.3) is 5.76 Å². The maximum absolute atomic E-state index is 14.2. The zero-order valence-electron chi connectivity index (χ0n) is 25.5. The molecule has 6 rings (SSSR count). The molecule has 0 saturated carbocycles. The van der Waals surface area contributed by atoms with Crippen LogP contribution in [0.5, 0.6) is 17.2 Å². The lowest BCUT2D eigenvalue weighted by molar-refractivity contribution is -0.132. The first kappa shape index (κ1) is 31.6. The number of amides is 1. The number of rotatable bonds is 11. The minimum atomic E-state index is -1.04. The van der Waals surface area contributed by atoms with E-state index >= 15 is 0 Å². The summed E-state index contributed by atoms with van der Waals surface area (Å²) in [5.41, 5.74) is 2.22. The van der Waals surface area contributed by atoms with E-state index in [0.717, 1.165) is 35.5 Å². The Morgan fingerprint density at radius 3 is 2.74 bits per heavy atom. The second-order valence-corrected chi connectivity index (χ2v) is 13.1. The Labute approximate surface area is 274 Å². The van der Waals surface area contributed by atoms with Crippen LogP contribution in [-0.4, -0.2) is 46.8 Å². The number of hydrogen-bond donors (Lipinski definition) is 1. The molecule has 2 aliphatic rings. The second-order valence-electron chi connectivity index (χ2n) is 11.0. The maximum Gasteiger partial charge on any atom is 0.301 e. The Morgan fingerprint density at radius 2 is 1.96 bits per heavy atom. The van der Waals surface area contributed by atoms with E-state index in [1.807, 2.05) is 6.92 Å². The van der Waals surface area contributed by atoms with Crippen molar-refractivity contribution in [3.8, 4) is 17.2 Å². The van der Waals surface area contributed by atoms with Crippen LogP contribution < -0.4 is 19.1 Å². The van der Waals surface area contributed by atoms with Gasteiger partial charge in [-0.15, -0.1) is 10.2 Å². The van der Waals surface area contributed by atoms with Crippen LogP contribution in [0, 0.1) is 5.82 Å². The van der Waals surface area contributed by atoms with Crippen molar-refractivity contribution in [3.05, 3.63) is 94.3 Å². The molecule has 0 aliphatic carbocycles. The molecule has 2 aliphatic heterocycles. The number of Topliss-reactive ketones (excluding diaryl/α,β-unsaturated/α-hetero) is 1. The number of anilines is 1. The Balaban J connectivity index is 1.41. The number of halogens is 1. The molecule has 9 nitrogen and oxygen atoms in total. The van der Waals surface area contributed by atoms with Gasteiger partial charge >= 0.3 is 5.91 Å². The average Bonchev–Trinajstić information content (AvgIpc) is 3.75. The fourth-order valence-corrected chi connectivity index (χ4v) is 7.34. The molecular formula is C34H32FN3O6S2. The van der Waals surface area contributed by atoms with E-state index in [9.17, 15) is 19.1 Å². The number of thioether (sulfide) groups is 1. The van der Waals surface area contributed by atoms with Crippen molar-refractivity contribution in [1.82, 2.24) is 10.2 Å². The number of aliphatic hydroxyl groups excluding tert-OH is 1. The maximum atomic E-state index is 14.2. The van der Waals surface area contributed by atoms with Crippen molar-refractivity contribution >= 4 is 45.7 Å². The summed E-state index contributed by atoms with van der Waals surface area (Å²) >= 11 is 2.38. The second kappa shape index (κ2) is 13.5. The number of carbonyl (C=O) groups is 2. The fourth-order valence-electron chi connectivity index (χ4n) is 5.48. The molecule has 238 valence electrons. The van der Waals surface area contributed by atoms with Crippen LogP contribution in [0.15, 0.2) is 70.6 Å². The predicted molar refractivity (Wildman–Crippen MR) is 174 cm³/mol. The highest BCUT2D eigenvalue weighted by Crippen LogP contribution is 2.46. The number of nitrogens with zero attached hydrogens (tertiary/aromatic N) is 3. The number of ketones is 1. The van der Waals surface area contributed by atoms with E-state index in [4.69, 9.17) is 14.2 Å². The molecule has 0 bridgehead atoms. The summed E-state index contributed by atoms with van der Waals surface area (Å²) in [6, 6.07) is 15.8. The minimum Gasteiger partial charge on any atom is -0.507 e. The van der Waals surface area contributed by atoms with Crippen molar-refractivity contribution in [2.75, 3.05) is 18.6 Å². The Morgan fingerprint density at radius 1 is 1.13 bits per heavy atom. The highest BCUT2D eigenvalue weighted by atomic mass is 32.2. The van der Waals surface area contributed by atoms with E-state index < -0.39 is 17.7 Å². The van der Waals surface area contributed by atoms with Gasteiger partial charge in [-0.05, 0) is 66.4 Å². The lowest BCUT2D eigenvalue weighted by Gasteiger charge is -2.23. The van der Waals surface area contributed by atoms with E-state index in [1.165, 1.54) is 29.8 Å². The summed E-state index contributed by atoms with van der Waals surface area (Å²) in [4.78, 5) is 28.7. The van der Waals surface area contributed by atoms with Crippen LogP contribution in [0.4, 0.5) is 9.52 Å². The molecule has 1 fully saturated rings. The monoisotopic (exact) mass is 661 g/mol. The van der Waals surface area contributed by atoms with E-state index in [2.05, 4.69) is 17.1 Å². The summed E-state index contributed by atoms with van der Waals surface area (Å²) in [6.45, 7) is 4.53. The number of unbranched alkanes of at least 4 members (excludes halogenated alkanes) is 1. The van der Waals surface area contributed by atoms with E-state index in [0.29, 0.717) is 51.3 Å². The first-order valence-corrected chi connectivity index (χ1v) is 16.7. The number of ether oxygens (including phenoxy) is 3. The zero-order chi connectivity index (χ0) is 32.4. The van der Waals surface area contributed by atoms with E-state index in [-0.39, 0.29) is 28.4 Å². The van der Waals surface area contributed by atoms with Crippen LogP contribution in [0.3, 0.4) is 0 Å². The first-order valence-electron chi connectivity index (χ1n) is 14.9. The minimum absolute atomic E-state index is 0.00801. The van der Waals surface area contributed by atoms with Crippen LogP contribution >= 0.6 is 23.1 Å². The first-order chi connectivity index (χ1) is 22.3. The van der Waals surface area contributed by atoms with Gasteiger partial charge in [-0.1, -0.05) is 60.7 Å². The highest BCUT2D eigenvalue weighted by Gasteiger charge is 2.48. The van der Waals surface area contributed by atoms with Crippen molar-refractivity contribution in [2.45, 2.75) is 55.3 Å². The number of fused-ring (bicyclic) bond motifs is 1. The number of hydrogen-bond acceptors (Lipinski definition) is 10. The van der Waals surface area contributed by atoms with Crippen molar-refractivity contribution in [3.63, 3.8) is 0 Å². The molecule has 12 heteroatoms. The number of aromatic nitrogens is 2. The Bertz CT molecular complexity index is 1830. The van der Waals surface area contributed by atoms with Gasteiger partial charge in [0.2, 0.25) is 5.13 Å².